The summed E-state index contributed by atoms with van der Waals surface area (Å²) in [4.78, 5) is 50.8. The fraction of sp³-hybridized carbons (Fsp3) is 0.273. The Balaban J connectivity index is 1.51. The van der Waals surface area contributed by atoms with Crippen LogP contribution in [0, 0.1) is 24.7 Å². The summed E-state index contributed by atoms with van der Waals surface area (Å²) in [6.45, 7) is 0.478. The zero-order valence-corrected chi connectivity index (χ0v) is 22.5. The van der Waals surface area contributed by atoms with Crippen molar-refractivity contribution in [2.45, 2.75) is 57.4 Å². The molecule has 0 spiro atoms. The fourth-order valence-electron chi connectivity index (χ4n) is 4.56. The number of hydrogen-bond donors (Lipinski definition) is 0. The molecule has 0 saturated heterocycles. The molecule has 2 aromatic carbocycles. The van der Waals surface area contributed by atoms with Gasteiger partial charge in [-0.05, 0) is 31.4 Å². The van der Waals surface area contributed by atoms with Crippen molar-refractivity contribution >= 4 is 23.7 Å². The van der Waals surface area contributed by atoms with E-state index in [0.717, 1.165) is 0 Å². The summed E-state index contributed by atoms with van der Waals surface area (Å²) in [5, 5.41) is 0. The van der Waals surface area contributed by atoms with Crippen molar-refractivity contribution in [1.29, 1.82) is 0 Å². The van der Waals surface area contributed by atoms with Crippen LogP contribution in [0.5, 0.6) is 17.2 Å². The van der Waals surface area contributed by atoms with Gasteiger partial charge in [0.1, 0.15) is 17.2 Å². The molecule has 208 valence electrons. The van der Waals surface area contributed by atoms with Crippen molar-refractivity contribution in [3.05, 3.63) is 77.6 Å². The monoisotopic (exact) mass is 551 g/mol. The van der Waals surface area contributed by atoms with E-state index >= 15 is 0 Å². The van der Waals surface area contributed by atoms with E-state index in [2.05, 4.69) is 11.8 Å². The molecule has 0 amide bonds. The summed E-state index contributed by atoms with van der Waals surface area (Å²) in [5.41, 5.74) is 1.73. The second-order valence-corrected chi connectivity index (χ2v) is 9.46. The Morgan fingerprint density at radius 3 is 1.90 bits per heavy atom. The molecule has 8 heteroatoms. The minimum Gasteiger partial charge on any atom is -0.426 e. The molecule has 1 unspecified atom stereocenters. The number of ketones is 1. The zero-order chi connectivity index (χ0) is 29.2. The number of benzene rings is 2. The third kappa shape index (κ3) is 7.52. The van der Waals surface area contributed by atoms with E-state index in [0.29, 0.717) is 55.6 Å². The number of ether oxygens (including phenoxy) is 3. The minimum atomic E-state index is -0.614. The van der Waals surface area contributed by atoms with Crippen molar-refractivity contribution in [3.8, 4) is 41.9 Å². The smallest absolute Gasteiger partial charge is 0.320 e. The van der Waals surface area contributed by atoms with Gasteiger partial charge in [0.2, 0.25) is 5.78 Å². The summed E-state index contributed by atoms with van der Waals surface area (Å²) in [6.07, 6.45) is 12.9. The third-order valence-electron chi connectivity index (χ3n) is 6.51. The summed E-state index contributed by atoms with van der Waals surface area (Å²) < 4.78 is 18.3. The van der Waals surface area contributed by atoms with Gasteiger partial charge in [-0.2, -0.15) is 0 Å². The van der Waals surface area contributed by atoms with Gasteiger partial charge >= 0.3 is 17.9 Å². The van der Waals surface area contributed by atoms with E-state index in [-0.39, 0.29) is 35.9 Å². The number of fused-ring (bicyclic) bond motifs is 1. The predicted molar refractivity (Wildman–Crippen MR) is 150 cm³/mol. The first kappa shape index (κ1) is 28.9. The van der Waals surface area contributed by atoms with Crippen LogP contribution in [0.1, 0.15) is 72.6 Å². The Bertz CT molecular complexity index is 1470. The van der Waals surface area contributed by atoms with Gasteiger partial charge < -0.3 is 18.8 Å². The number of rotatable bonds is 12. The molecular formula is C33H29NO7. The van der Waals surface area contributed by atoms with Crippen LogP contribution in [0.25, 0.3) is 0 Å². The Labute approximate surface area is 238 Å². The largest absolute Gasteiger partial charge is 0.426 e. The maximum Gasteiger partial charge on any atom is 0.320 e. The third-order valence-corrected chi connectivity index (χ3v) is 6.51. The van der Waals surface area contributed by atoms with E-state index in [9.17, 15) is 19.2 Å². The highest BCUT2D eigenvalue weighted by molar-refractivity contribution is 6.08. The van der Waals surface area contributed by atoms with Crippen LogP contribution < -0.4 is 14.2 Å². The molecule has 4 rings (SSSR count). The minimum absolute atomic E-state index is 0.0425. The van der Waals surface area contributed by atoms with Gasteiger partial charge in [0, 0.05) is 61.7 Å². The van der Waals surface area contributed by atoms with Gasteiger partial charge in [-0.25, -0.2) is 0 Å². The lowest BCUT2D eigenvalue weighted by molar-refractivity contribution is -0.136. The SMILES string of the molecule is C#CCCCC(=O)Oc1cc(OC(=O)CCCC#C)cc(OC(=O)C2CCn3c(C(=O)c4ccccc4)ccc32)c1. The Morgan fingerprint density at radius 1 is 0.780 bits per heavy atom. The molecule has 8 nitrogen and oxygen atoms in total. The number of aromatic nitrogens is 1. The zero-order valence-electron chi connectivity index (χ0n) is 22.5. The first-order valence-electron chi connectivity index (χ1n) is 13.3. The van der Waals surface area contributed by atoms with E-state index in [1.807, 2.05) is 10.6 Å². The summed E-state index contributed by atoms with van der Waals surface area (Å²) in [5.74, 6) is 2.73. The standard InChI is InChI=1S/C33H29NO7/c1-3-5-8-14-30(35)39-24-20-25(40-31(36)15-9-6-4-2)22-26(21-24)41-33(38)27-18-19-34-28(27)16-17-29(34)32(37)23-12-10-7-11-13-23/h1-2,7,10-13,16-17,20-22,27H,5-6,8-9,14-15,18-19H2. The molecular weight excluding hydrogens is 522 g/mol. The van der Waals surface area contributed by atoms with Crippen LogP contribution in [0.15, 0.2) is 60.7 Å². The van der Waals surface area contributed by atoms with E-state index in [1.165, 1.54) is 18.2 Å². The van der Waals surface area contributed by atoms with Crippen LogP contribution >= 0.6 is 0 Å². The van der Waals surface area contributed by atoms with Gasteiger partial charge in [-0.15, -0.1) is 24.7 Å². The average Bonchev–Trinajstić information content (AvgIpc) is 3.56. The van der Waals surface area contributed by atoms with Gasteiger partial charge in [-0.3, -0.25) is 19.2 Å². The van der Waals surface area contributed by atoms with E-state index < -0.39 is 23.8 Å². The maximum absolute atomic E-state index is 13.3. The van der Waals surface area contributed by atoms with Gasteiger partial charge in [0.25, 0.3) is 0 Å². The number of carbonyl (C=O) groups is 4. The summed E-state index contributed by atoms with van der Waals surface area (Å²) in [6, 6.07) is 16.5. The Morgan fingerprint density at radius 2 is 1.34 bits per heavy atom. The summed E-state index contributed by atoms with van der Waals surface area (Å²) >= 11 is 0. The van der Waals surface area contributed by atoms with Crippen LogP contribution in [-0.4, -0.2) is 28.3 Å². The number of nitrogens with zero attached hydrogens (tertiary/aromatic N) is 1. The Kier molecular flexibility index (Phi) is 9.75. The second kappa shape index (κ2) is 13.8. The molecule has 1 aliphatic heterocycles. The number of terminal acetylenes is 2. The first-order chi connectivity index (χ1) is 19.9. The van der Waals surface area contributed by atoms with Crippen LogP contribution in [0.4, 0.5) is 0 Å². The lowest BCUT2D eigenvalue weighted by atomic mass is 10.1. The van der Waals surface area contributed by atoms with E-state index in [1.54, 1.807) is 36.4 Å². The predicted octanol–water partition coefficient (Wildman–Crippen LogP) is 5.23. The molecule has 0 radical (unpaired) electrons. The average molecular weight is 552 g/mol. The van der Waals surface area contributed by atoms with Crippen LogP contribution in [-0.2, 0) is 20.9 Å². The fourth-order valence-corrected chi connectivity index (χ4v) is 4.56. The molecule has 3 aromatic rings. The molecule has 1 atom stereocenters. The molecule has 41 heavy (non-hydrogen) atoms. The Hall–Kier alpha value is -5.08. The molecule has 1 aliphatic rings. The van der Waals surface area contributed by atoms with Crippen molar-refractivity contribution in [1.82, 2.24) is 4.57 Å². The number of hydrogen-bond acceptors (Lipinski definition) is 7. The highest BCUT2D eigenvalue weighted by Crippen LogP contribution is 2.35. The maximum atomic E-state index is 13.3. The highest BCUT2D eigenvalue weighted by Gasteiger charge is 2.33. The molecule has 0 bridgehead atoms. The number of esters is 3. The van der Waals surface area contributed by atoms with Gasteiger partial charge in [0.05, 0.1) is 11.6 Å². The van der Waals surface area contributed by atoms with Gasteiger partial charge in [0.15, 0.2) is 0 Å². The van der Waals surface area contributed by atoms with Crippen molar-refractivity contribution in [3.63, 3.8) is 0 Å². The first-order valence-corrected chi connectivity index (χ1v) is 13.3. The van der Waals surface area contributed by atoms with E-state index in [4.69, 9.17) is 27.1 Å². The van der Waals surface area contributed by atoms with Crippen LogP contribution in [0.3, 0.4) is 0 Å². The quantitative estimate of drug-likeness (QED) is 0.0999. The van der Waals surface area contributed by atoms with Gasteiger partial charge in [-0.1, -0.05) is 30.3 Å². The topological polar surface area (TPSA) is 101 Å². The van der Waals surface area contributed by atoms with Crippen molar-refractivity contribution in [2.24, 2.45) is 0 Å². The second-order valence-electron chi connectivity index (χ2n) is 9.46. The molecule has 0 saturated carbocycles. The molecule has 0 aliphatic carbocycles. The summed E-state index contributed by atoms with van der Waals surface area (Å²) in [7, 11) is 0. The lowest BCUT2D eigenvalue weighted by Gasteiger charge is -2.13. The number of carbonyl (C=O) groups excluding carboxylic acids is 4. The molecule has 0 N–H and O–H groups in total. The van der Waals surface area contributed by atoms with Crippen molar-refractivity contribution in [2.75, 3.05) is 0 Å². The van der Waals surface area contributed by atoms with Crippen molar-refractivity contribution < 1.29 is 33.4 Å². The lowest BCUT2D eigenvalue weighted by Crippen LogP contribution is -2.17. The normalized spacial score (nSPS) is 13.4. The molecule has 0 fully saturated rings. The number of unbranched alkanes of at least 4 members (excludes halogenated alkanes) is 2. The highest BCUT2D eigenvalue weighted by atomic mass is 16.6. The van der Waals surface area contributed by atoms with Crippen LogP contribution in [0.2, 0.25) is 0 Å². The molecule has 1 aromatic heterocycles. The molecule has 2 heterocycles.